The molecule has 1 aromatic heterocycles. The van der Waals surface area contributed by atoms with Crippen molar-refractivity contribution in [1.82, 2.24) is 9.59 Å². The molecule has 7 heteroatoms. The van der Waals surface area contributed by atoms with Gasteiger partial charge in [0.25, 0.3) is 0 Å². The molecule has 0 fully saturated rings. The molecule has 0 amide bonds. The summed E-state index contributed by atoms with van der Waals surface area (Å²) in [6.07, 6.45) is -0.135. The fraction of sp³-hybridized carbons (Fsp3) is 0.400. The Kier molecular flexibility index (Phi) is 3.12. The van der Waals surface area contributed by atoms with Crippen LogP contribution in [0.5, 0.6) is 0 Å². The van der Waals surface area contributed by atoms with Crippen molar-refractivity contribution in [2.24, 2.45) is 5.73 Å². The Morgan fingerprint density at radius 2 is 2.50 bits per heavy atom. The third kappa shape index (κ3) is 2.23. The maximum atomic E-state index is 10.3. The van der Waals surface area contributed by atoms with E-state index in [0.29, 0.717) is 9.48 Å². The van der Waals surface area contributed by atoms with Crippen molar-refractivity contribution in [3.05, 3.63) is 9.48 Å². The fourth-order valence-corrected chi connectivity index (χ4v) is 1.74. The van der Waals surface area contributed by atoms with Crippen LogP contribution in [0.3, 0.4) is 0 Å². The number of carbonyl (C=O) groups is 1. The van der Waals surface area contributed by atoms with Crippen LogP contribution in [0.2, 0.25) is 0 Å². The molecule has 0 saturated carbocycles. The van der Waals surface area contributed by atoms with E-state index in [2.05, 4.69) is 25.5 Å². The molecule has 5 nitrogen and oxygen atoms in total. The Labute approximate surface area is 80.9 Å². The topological polar surface area (TPSA) is 89.1 Å². The molecule has 3 N–H and O–H groups in total. The van der Waals surface area contributed by atoms with Gasteiger partial charge in [0.1, 0.15) is 9.48 Å². The summed E-state index contributed by atoms with van der Waals surface area (Å²) in [5.41, 5.74) is 6.04. The molecular weight excluding hydrogens is 246 g/mol. The van der Waals surface area contributed by atoms with Crippen molar-refractivity contribution in [2.45, 2.75) is 12.5 Å². The normalized spacial score (nSPS) is 12.8. The third-order valence-corrected chi connectivity index (χ3v) is 2.59. The van der Waals surface area contributed by atoms with Crippen LogP contribution < -0.4 is 5.73 Å². The minimum absolute atomic E-state index is 0.135. The lowest BCUT2D eigenvalue weighted by Crippen LogP contribution is -2.15. The van der Waals surface area contributed by atoms with Gasteiger partial charge in [-0.05, 0) is 27.5 Å². The Morgan fingerprint density at radius 1 is 1.83 bits per heavy atom. The summed E-state index contributed by atoms with van der Waals surface area (Å²) in [7, 11) is 0. The Bertz CT molecular complexity index is 290. The van der Waals surface area contributed by atoms with E-state index in [1.165, 1.54) is 0 Å². The Morgan fingerprint density at radius 3 is 2.92 bits per heavy atom. The zero-order valence-electron chi connectivity index (χ0n) is 5.90. The summed E-state index contributed by atoms with van der Waals surface area (Å²) in [6.45, 7) is 0. The van der Waals surface area contributed by atoms with Crippen LogP contribution in [0.15, 0.2) is 3.79 Å². The number of rotatable bonds is 3. The van der Waals surface area contributed by atoms with E-state index < -0.39 is 12.0 Å². The zero-order chi connectivity index (χ0) is 9.14. The average Bonchev–Trinajstić information content (AvgIpc) is 2.33. The van der Waals surface area contributed by atoms with Crippen LogP contribution in [0.25, 0.3) is 0 Å². The molecule has 0 saturated heterocycles. The van der Waals surface area contributed by atoms with Gasteiger partial charge in [0.2, 0.25) is 0 Å². The average molecular weight is 252 g/mol. The highest BCUT2D eigenvalue weighted by Crippen LogP contribution is 2.24. The van der Waals surface area contributed by atoms with Gasteiger partial charge >= 0.3 is 5.97 Å². The molecule has 0 aliphatic heterocycles. The minimum atomic E-state index is -0.942. The van der Waals surface area contributed by atoms with Crippen LogP contribution in [0.4, 0.5) is 0 Å². The van der Waals surface area contributed by atoms with E-state index in [-0.39, 0.29) is 6.42 Å². The first-order valence-corrected chi connectivity index (χ1v) is 4.63. The quantitative estimate of drug-likeness (QED) is 0.829. The van der Waals surface area contributed by atoms with Crippen LogP contribution in [-0.2, 0) is 4.79 Å². The van der Waals surface area contributed by atoms with Crippen LogP contribution in [-0.4, -0.2) is 20.7 Å². The van der Waals surface area contributed by atoms with Gasteiger partial charge in [-0.1, -0.05) is 4.49 Å². The van der Waals surface area contributed by atoms with E-state index in [4.69, 9.17) is 10.8 Å². The van der Waals surface area contributed by atoms with Gasteiger partial charge in [0.05, 0.1) is 12.5 Å². The van der Waals surface area contributed by atoms with Gasteiger partial charge in [0.15, 0.2) is 0 Å². The predicted octanol–water partition coefficient (Wildman–Crippen LogP) is 0.775. The SMILES string of the molecule is NC(CC(=O)O)c1nnsc1Br. The maximum Gasteiger partial charge on any atom is 0.305 e. The van der Waals surface area contributed by atoms with E-state index in [1.807, 2.05) is 0 Å². The van der Waals surface area contributed by atoms with Crippen LogP contribution in [0.1, 0.15) is 18.2 Å². The maximum absolute atomic E-state index is 10.3. The number of aromatic nitrogens is 2. The molecule has 1 atom stereocenters. The molecule has 0 aliphatic carbocycles. The van der Waals surface area contributed by atoms with Gasteiger partial charge in [-0.2, -0.15) is 0 Å². The lowest BCUT2D eigenvalue weighted by molar-refractivity contribution is -0.137. The van der Waals surface area contributed by atoms with Crippen molar-refractivity contribution < 1.29 is 9.90 Å². The fourth-order valence-electron chi connectivity index (χ4n) is 0.691. The number of nitrogens with two attached hydrogens (primary N) is 1. The Balaban J connectivity index is 2.71. The first-order chi connectivity index (χ1) is 5.61. The molecule has 0 aromatic carbocycles. The molecule has 66 valence electrons. The molecule has 0 aliphatic rings. The zero-order valence-corrected chi connectivity index (χ0v) is 8.30. The number of aliphatic carboxylic acids is 1. The molecule has 1 aromatic rings. The molecule has 1 rings (SSSR count). The van der Waals surface area contributed by atoms with E-state index in [9.17, 15) is 4.79 Å². The van der Waals surface area contributed by atoms with Gasteiger partial charge < -0.3 is 10.8 Å². The van der Waals surface area contributed by atoms with Gasteiger partial charge in [-0.25, -0.2) is 0 Å². The van der Waals surface area contributed by atoms with Crippen molar-refractivity contribution in [2.75, 3.05) is 0 Å². The van der Waals surface area contributed by atoms with Crippen molar-refractivity contribution in [3.63, 3.8) is 0 Å². The van der Waals surface area contributed by atoms with E-state index in [0.717, 1.165) is 11.5 Å². The predicted molar refractivity (Wildman–Crippen MR) is 46.8 cm³/mol. The number of hydrogen-bond donors (Lipinski definition) is 2. The second-order valence-corrected chi connectivity index (χ2v) is 4.21. The molecular formula is C5H6BrN3O2S. The molecule has 12 heavy (non-hydrogen) atoms. The first kappa shape index (κ1) is 9.56. The van der Waals surface area contributed by atoms with Gasteiger partial charge in [0, 0.05) is 0 Å². The van der Waals surface area contributed by atoms with Gasteiger partial charge in [-0.15, -0.1) is 5.10 Å². The van der Waals surface area contributed by atoms with Crippen molar-refractivity contribution in [1.29, 1.82) is 0 Å². The van der Waals surface area contributed by atoms with Crippen LogP contribution >= 0.6 is 27.5 Å². The molecule has 0 spiro atoms. The van der Waals surface area contributed by atoms with Crippen molar-refractivity contribution in [3.8, 4) is 0 Å². The first-order valence-electron chi connectivity index (χ1n) is 3.06. The largest absolute Gasteiger partial charge is 0.481 e. The van der Waals surface area contributed by atoms with Crippen molar-refractivity contribution >= 4 is 33.4 Å². The molecule has 1 unspecified atom stereocenters. The standard InChI is InChI=1S/C5H6BrN3O2S/c6-5-4(8-9-12-5)2(7)1-3(10)11/h2H,1,7H2,(H,10,11). The smallest absolute Gasteiger partial charge is 0.305 e. The highest BCUT2D eigenvalue weighted by atomic mass is 79.9. The molecule has 0 radical (unpaired) electrons. The third-order valence-electron chi connectivity index (χ3n) is 1.22. The minimum Gasteiger partial charge on any atom is -0.481 e. The lowest BCUT2D eigenvalue weighted by Gasteiger charge is -2.03. The summed E-state index contributed by atoms with van der Waals surface area (Å²) in [5, 5.41) is 12.1. The number of halogens is 1. The highest BCUT2D eigenvalue weighted by Gasteiger charge is 2.16. The molecule has 0 bridgehead atoms. The summed E-state index contributed by atoms with van der Waals surface area (Å²) in [4.78, 5) is 10.3. The van der Waals surface area contributed by atoms with Crippen LogP contribution in [0, 0.1) is 0 Å². The number of carboxylic acid groups (broad SMARTS) is 1. The second kappa shape index (κ2) is 3.92. The summed E-state index contributed by atoms with van der Waals surface area (Å²) in [6, 6.07) is -0.587. The molecule has 1 heterocycles. The van der Waals surface area contributed by atoms with Gasteiger partial charge in [-0.3, -0.25) is 4.79 Å². The highest BCUT2D eigenvalue weighted by molar-refractivity contribution is 9.11. The number of hydrogen-bond acceptors (Lipinski definition) is 5. The summed E-state index contributed by atoms with van der Waals surface area (Å²) < 4.78 is 4.31. The number of nitrogens with zero attached hydrogens (tertiary/aromatic N) is 2. The second-order valence-electron chi connectivity index (χ2n) is 2.14. The monoisotopic (exact) mass is 251 g/mol. The van der Waals surface area contributed by atoms with E-state index >= 15 is 0 Å². The lowest BCUT2D eigenvalue weighted by atomic mass is 10.2. The Hall–Kier alpha value is -0.530. The van der Waals surface area contributed by atoms with E-state index in [1.54, 1.807) is 0 Å². The number of carboxylic acids is 1. The summed E-state index contributed by atoms with van der Waals surface area (Å²) >= 11 is 4.32. The summed E-state index contributed by atoms with van der Waals surface area (Å²) in [5.74, 6) is -0.942.